The number of nitrogens with zero attached hydrogens (tertiary/aromatic N) is 3. The Labute approximate surface area is 181 Å². The number of rotatable bonds is 4. The maximum Gasteiger partial charge on any atom is 0.321 e. The van der Waals surface area contributed by atoms with Gasteiger partial charge < -0.3 is 14.6 Å². The third-order valence-corrected chi connectivity index (χ3v) is 5.62. The summed E-state index contributed by atoms with van der Waals surface area (Å²) in [5.74, 6) is 1.49. The first-order valence-corrected chi connectivity index (χ1v) is 10.4. The molecule has 0 spiro atoms. The zero-order valence-corrected chi connectivity index (χ0v) is 17.9. The van der Waals surface area contributed by atoms with Crippen LogP contribution in [0.4, 0.5) is 10.5 Å². The maximum atomic E-state index is 12.6. The fourth-order valence-electron chi connectivity index (χ4n) is 3.52. The van der Waals surface area contributed by atoms with Crippen molar-refractivity contribution in [1.29, 1.82) is 0 Å². The molecule has 6 nitrogen and oxygen atoms in total. The molecule has 2 heterocycles. The number of urea groups is 1. The van der Waals surface area contributed by atoms with E-state index < -0.39 is 0 Å². The third-order valence-electron chi connectivity index (χ3n) is 5.39. The van der Waals surface area contributed by atoms with E-state index in [0.29, 0.717) is 30.5 Å². The van der Waals surface area contributed by atoms with Crippen molar-refractivity contribution < 1.29 is 9.21 Å². The van der Waals surface area contributed by atoms with Crippen LogP contribution in [0.1, 0.15) is 17.0 Å². The van der Waals surface area contributed by atoms with Crippen LogP contribution in [0.2, 0.25) is 5.02 Å². The average molecular weight is 425 g/mol. The largest absolute Gasteiger partial charge is 0.441 e. The second-order valence-electron chi connectivity index (χ2n) is 7.54. The van der Waals surface area contributed by atoms with Gasteiger partial charge in [-0.05, 0) is 43.7 Å². The second kappa shape index (κ2) is 8.90. The van der Waals surface area contributed by atoms with E-state index in [1.807, 2.05) is 61.2 Å². The molecular formula is C23H25ClN4O2. The SMILES string of the molecule is Cc1ccc(Cl)cc1NC(=O)N1CCN(Cc2nc(-c3ccccc3)oc2C)CC1. The number of hydrogen-bond donors (Lipinski definition) is 1. The zero-order chi connectivity index (χ0) is 21.1. The van der Waals surface area contributed by atoms with Gasteiger partial charge >= 0.3 is 6.03 Å². The molecule has 7 heteroatoms. The number of halogens is 1. The van der Waals surface area contributed by atoms with Crippen LogP contribution < -0.4 is 5.32 Å². The van der Waals surface area contributed by atoms with Gasteiger partial charge in [-0.3, -0.25) is 4.90 Å². The predicted octanol–water partition coefficient (Wildman–Crippen LogP) is 4.96. The molecule has 156 valence electrons. The maximum absolute atomic E-state index is 12.6. The Hall–Kier alpha value is -2.83. The summed E-state index contributed by atoms with van der Waals surface area (Å²) in [6.45, 7) is 7.51. The Bertz CT molecular complexity index is 1030. The number of oxazole rings is 1. The Balaban J connectivity index is 1.33. The number of carbonyl (C=O) groups excluding carboxylic acids is 1. The second-order valence-corrected chi connectivity index (χ2v) is 7.98. The Morgan fingerprint density at radius 3 is 2.57 bits per heavy atom. The topological polar surface area (TPSA) is 61.6 Å². The minimum Gasteiger partial charge on any atom is -0.441 e. The molecule has 0 atom stereocenters. The van der Waals surface area contributed by atoms with Crippen molar-refractivity contribution in [2.45, 2.75) is 20.4 Å². The molecule has 0 radical (unpaired) electrons. The summed E-state index contributed by atoms with van der Waals surface area (Å²) in [5.41, 5.74) is 3.66. The molecule has 0 bridgehead atoms. The van der Waals surface area contributed by atoms with Gasteiger partial charge in [-0.2, -0.15) is 0 Å². The quantitative estimate of drug-likeness (QED) is 0.642. The van der Waals surface area contributed by atoms with E-state index in [1.165, 1.54) is 0 Å². The van der Waals surface area contributed by atoms with E-state index in [9.17, 15) is 4.79 Å². The van der Waals surface area contributed by atoms with Crippen LogP contribution in [0.25, 0.3) is 11.5 Å². The first-order valence-electron chi connectivity index (χ1n) is 10.1. The predicted molar refractivity (Wildman–Crippen MR) is 119 cm³/mol. The molecule has 1 fully saturated rings. The van der Waals surface area contributed by atoms with Crippen LogP contribution in [0.15, 0.2) is 52.9 Å². The number of aromatic nitrogens is 1. The van der Waals surface area contributed by atoms with Gasteiger partial charge in [0.25, 0.3) is 0 Å². The highest BCUT2D eigenvalue weighted by Crippen LogP contribution is 2.23. The first-order chi connectivity index (χ1) is 14.5. The fraction of sp³-hybridized carbons (Fsp3) is 0.304. The normalized spacial score (nSPS) is 14.7. The first kappa shape index (κ1) is 20.4. The number of hydrogen-bond acceptors (Lipinski definition) is 4. The monoisotopic (exact) mass is 424 g/mol. The summed E-state index contributed by atoms with van der Waals surface area (Å²) < 4.78 is 5.87. The molecule has 0 saturated carbocycles. The van der Waals surface area contributed by atoms with Gasteiger partial charge in [0.05, 0.1) is 5.69 Å². The zero-order valence-electron chi connectivity index (χ0n) is 17.2. The van der Waals surface area contributed by atoms with Crippen LogP contribution in [0, 0.1) is 13.8 Å². The summed E-state index contributed by atoms with van der Waals surface area (Å²) in [6.07, 6.45) is 0. The van der Waals surface area contributed by atoms with Gasteiger partial charge in [-0.25, -0.2) is 9.78 Å². The summed E-state index contributed by atoms with van der Waals surface area (Å²) in [6, 6.07) is 15.3. The standard InChI is InChI=1S/C23H25ClN4O2/c1-16-8-9-19(24)14-20(16)26-23(29)28-12-10-27(11-13-28)15-21-17(2)30-22(25-21)18-6-4-3-5-7-18/h3-9,14H,10-13,15H2,1-2H3,(H,26,29). The van der Waals surface area contributed by atoms with Crippen molar-refractivity contribution in [3.05, 3.63) is 70.6 Å². The molecule has 4 rings (SSSR count). The highest BCUT2D eigenvalue weighted by molar-refractivity contribution is 6.31. The third kappa shape index (κ3) is 4.66. The minimum absolute atomic E-state index is 0.0935. The molecule has 1 aromatic heterocycles. The molecule has 30 heavy (non-hydrogen) atoms. The molecule has 1 N–H and O–H groups in total. The number of piperazine rings is 1. The van der Waals surface area contributed by atoms with Crippen molar-refractivity contribution in [2.24, 2.45) is 0 Å². The van der Waals surface area contributed by atoms with E-state index in [0.717, 1.165) is 41.4 Å². The van der Waals surface area contributed by atoms with Gasteiger partial charge in [0.2, 0.25) is 5.89 Å². The highest BCUT2D eigenvalue weighted by Gasteiger charge is 2.23. The highest BCUT2D eigenvalue weighted by atomic mass is 35.5. The van der Waals surface area contributed by atoms with Crippen molar-refractivity contribution in [3.8, 4) is 11.5 Å². The van der Waals surface area contributed by atoms with Gasteiger partial charge in [-0.15, -0.1) is 0 Å². The Morgan fingerprint density at radius 2 is 1.83 bits per heavy atom. The molecular weight excluding hydrogens is 400 g/mol. The van der Waals surface area contributed by atoms with Crippen LogP contribution in [-0.4, -0.2) is 47.0 Å². The number of aryl methyl sites for hydroxylation is 2. The van der Waals surface area contributed by atoms with Gasteiger partial charge in [-0.1, -0.05) is 35.9 Å². The number of nitrogens with one attached hydrogen (secondary N) is 1. The fourth-order valence-corrected chi connectivity index (χ4v) is 3.70. The lowest BCUT2D eigenvalue weighted by Gasteiger charge is -2.34. The van der Waals surface area contributed by atoms with Crippen molar-refractivity contribution in [1.82, 2.24) is 14.8 Å². The van der Waals surface area contributed by atoms with E-state index in [-0.39, 0.29) is 6.03 Å². The molecule has 1 aliphatic rings. The molecule has 3 aromatic rings. The van der Waals surface area contributed by atoms with Crippen LogP contribution in [-0.2, 0) is 6.54 Å². The Kier molecular flexibility index (Phi) is 6.06. The van der Waals surface area contributed by atoms with E-state index in [4.69, 9.17) is 16.0 Å². The number of amides is 2. The van der Waals surface area contributed by atoms with E-state index in [1.54, 1.807) is 6.07 Å². The average Bonchev–Trinajstić information content (AvgIpc) is 3.12. The lowest BCUT2D eigenvalue weighted by atomic mass is 10.2. The summed E-state index contributed by atoms with van der Waals surface area (Å²) in [5, 5.41) is 3.58. The lowest BCUT2D eigenvalue weighted by Crippen LogP contribution is -2.49. The molecule has 0 unspecified atom stereocenters. The van der Waals surface area contributed by atoms with Gasteiger partial charge in [0, 0.05) is 49.0 Å². The van der Waals surface area contributed by atoms with E-state index in [2.05, 4.69) is 15.2 Å². The van der Waals surface area contributed by atoms with Gasteiger partial charge in [0.1, 0.15) is 5.76 Å². The van der Waals surface area contributed by atoms with Crippen LogP contribution >= 0.6 is 11.6 Å². The minimum atomic E-state index is -0.0935. The lowest BCUT2D eigenvalue weighted by molar-refractivity contribution is 0.141. The Morgan fingerprint density at radius 1 is 1.10 bits per heavy atom. The number of carbonyl (C=O) groups is 1. The van der Waals surface area contributed by atoms with Crippen molar-refractivity contribution in [2.75, 3.05) is 31.5 Å². The van der Waals surface area contributed by atoms with Crippen LogP contribution in [0.5, 0.6) is 0 Å². The summed E-state index contributed by atoms with van der Waals surface area (Å²) >= 11 is 6.05. The molecule has 1 aliphatic heterocycles. The number of benzene rings is 2. The summed E-state index contributed by atoms with van der Waals surface area (Å²) in [7, 11) is 0. The molecule has 2 amide bonds. The molecule has 2 aromatic carbocycles. The van der Waals surface area contributed by atoms with Crippen molar-refractivity contribution in [3.63, 3.8) is 0 Å². The molecule has 0 aliphatic carbocycles. The molecule has 1 saturated heterocycles. The van der Waals surface area contributed by atoms with Crippen LogP contribution in [0.3, 0.4) is 0 Å². The summed E-state index contributed by atoms with van der Waals surface area (Å²) in [4.78, 5) is 21.5. The number of anilines is 1. The van der Waals surface area contributed by atoms with Crippen molar-refractivity contribution >= 4 is 23.3 Å². The van der Waals surface area contributed by atoms with E-state index >= 15 is 0 Å². The van der Waals surface area contributed by atoms with Gasteiger partial charge in [0.15, 0.2) is 0 Å². The smallest absolute Gasteiger partial charge is 0.321 e.